The molecule has 0 N–H and O–H groups in total. The first kappa shape index (κ1) is 18.2. The van der Waals surface area contributed by atoms with Gasteiger partial charge in [-0.3, -0.25) is 14.9 Å². The zero-order chi connectivity index (χ0) is 18.7. The quantitative estimate of drug-likeness (QED) is 0.460. The van der Waals surface area contributed by atoms with Gasteiger partial charge >= 0.3 is 0 Å². The van der Waals surface area contributed by atoms with Gasteiger partial charge in [-0.05, 0) is 29.6 Å². The molecule has 2 heterocycles. The largest absolute Gasteiger partial charge is 0.353 e. The lowest BCUT2D eigenvalue weighted by atomic mass is 10.1. The van der Waals surface area contributed by atoms with Crippen LogP contribution in [0.1, 0.15) is 20.9 Å². The topological polar surface area (TPSA) is 68.4 Å². The number of benzene rings is 1. The Bertz CT molecular complexity index is 937. The van der Waals surface area contributed by atoms with Crippen LogP contribution in [0.25, 0.3) is 0 Å². The summed E-state index contributed by atoms with van der Waals surface area (Å²) in [5, 5.41) is 12.9. The average molecular weight is 390 g/mol. The Balaban J connectivity index is 1.91. The molecular weight excluding hydrogens is 374 g/mol. The number of nitrogens with zero attached hydrogens (tertiary/aromatic N) is 3. The van der Waals surface area contributed by atoms with E-state index in [2.05, 4.69) is 0 Å². The lowest BCUT2D eigenvalue weighted by Gasteiger charge is -2.23. The van der Waals surface area contributed by atoms with Crippen molar-refractivity contribution in [2.45, 2.75) is 13.1 Å². The van der Waals surface area contributed by atoms with E-state index in [4.69, 9.17) is 11.6 Å². The zero-order valence-electron chi connectivity index (χ0n) is 14.0. The Morgan fingerprint density at radius 2 is 2.08 bits per heavy atom. The standard InChI is InChI=1S/C18H16ClN3O3S/c1-20-8-2-4-14(20)11-21(12-15-5-3-9-26-15)18(23)16-7-6-13(22(24)25)10-17(16)19/h2-10H,11-12H2,1H3. The molecule has 6 nitrogen and oxygen atoms in total. The lowest BCUT2D eigenvalue weighted by molar-refractivity contribution is -0.384. The molecule has 0 aliphatic rings. The second-order valence-electron chi connectivity index (χ2n) is 5.77. The highest BCUT2D eigenvalue weighted by molar-refractivity contribution is 7.09. The van der Waals surface area contributed by atoms with Crippen LogP contribution in [-0.2, 0) is 20.1 Å². The summed E-state index contributed by atoms with van der Waals surface area (Å²) < 4.78 is 1.95. The number of nitro benzene ring substituents is 1. The van der Waals surface area contributed by atoms with Gasteiger partial charge in [-0.25, -0.2) is 0 Å². The third-order valence-electron chi connectivity index (χ3n) is 4.01. The molecule has 8 heteroatoms. The molecule has 0 spiro atoms. The highest BCUT2D eigenvalue weighted by Crippen LogP contribution is 2.25. The minimum absolute atomic E-state index is 0.0762. The third-order valence-corrected chi connectivity index (χ3v) is 5.19. The summed E-state index contributed by atoms with van der Waals surface area (Å²) in [5.74, 6) is -0.264. The molecule has 3 rings (SSSR count). The second kappa shape index (κ2) is 7.72. The van der Waals surface area contributed by atoms with Gasteiger partial charge in [0.05, 0.1) is 28.6 Å². The predicted octanol–water partition coefficient (Wildman–Crippen LogP) is 4.49. The zero-order valence-corrected chi connectivity index (χ0v) is 15.5. The van der Waals surface area contributed by atoms with E-state index in [1.165, 1.54) is 18.2 Å². The summed E-state index contributed by atoms with van der Waals surface area (Å²) in [6, 6.07) is 11.7. The molecule has 0 atom stereocenters. The summed E-state index contributed by atoms with van der Waals surface area (Å²) >= 11 is 7.72. The maximum absolute atomic E-state index is 13.1. The summed E-state index contributed by atoms with van der Waals surface area (Å²) in [6.45, 7) is 0.850. The molecule has 0 saturated heterocycles. The van der Waals surface area contributed by atoms with Crippen molar-refractivity contribution in [1.29, 1.82) is 0 Å². The molecule has 0 fully saturated rings. The van der Waals surface area contributed by atoms with E-state index in [1.54, 1.807) is 16.2 Å². The van der Waals surface area contributed by atoms with E-state index in [1.807, 2.05) is 47.5 Å². The Hall–Kier alpha value is -2.64. The van der Waals surface area contributed by atoms with Gasteiger partial charge < -0.3 is 9.47 Å². The fourth-order valence-corrected chi connectivity index (χ4v) is 3.58. The molecule has 0 radical (unpaired) electrons. The minimum atomic E-state index is -0.534. The summed E-state index contributed by atoms with van der Waals surface area (Å²) in [4.78, 5) is 26.2. The van der Waals surface area contributed by atoms with Crippen molar-refractivity contribution in [3.8, 4) is 0 Å². The first-order chi connectivity index (χ1) is 12.5. The van der Waals surface area contributed by atoms with Crippen LogP contribution < -0.4 is 0 Å². The number of hydrogen-bond donors (Lipinski definition) is 0. The molecule has 0 unspecified atom stereocenters. The molecule has 0 aliphatic carbocycles. The highest BCUT2D eigenvalue weighted by atomic mass is 35.5. The Labute approximate surface area is 159 Å². The second-order valence-corrected chi connectivity index (χ2v) is 7.21. The van der Waals surface area contributed by atoms with E-state index in [0.717, 1.165) is 10.6 Å². The van der Waals surface area contributed by atoms with Gasteiger partial charge in [0.15, 0.2) is 0 Å². The van der Waals surface area contributed by atoms with E-state index < -0.39 is 4.92 Å². The van der Waals surface area contributed by atoms with E-state index in [-0.39, 0.29) is 22.2 Å². The monoisotopic (exact) mass is 389 g/mol. The van der Waals surface area contributed by atoms with Gasteiger partial charge in [-0.1, -0.05) is 17.7 Å². The molecule has 2 aromatic heterocycles. The van der Waals surface area contributed by atoms with Crippen LogP contribution >= 0.6 is 22.9 Å². The fourth-order valence-electron chi connectivity index (χ4n) is 2.61. The van der Waals surface area contributed by atoms with Crippen LogP contribution in [-0.4, -0.2) is 20.3 Å². The van der Waals surface area contributed by atoms with Crippen molar-refractivity contribution < 1.29 is 9.72 Å². The smallest absolute Gasteiger partial charge is 0.270 e. The fraction of sp³-hybridized carbons (Fsp3) is 0.167. The van der Waals surface area contributed by atoms with Gasteiger partial charge in [-0.2, -0.15) is 0 Å². The van der Waals surface area contributed by atoms with E-state index in [9.17, 15) is 14.9 Å². The number of aryl methyl sites for hydroxylation is 1. The van der Waals surface area contributed by atoms with Crippen molar-refractivity contribution in [1.82, 2.24) is 9.47 Å². The Morgan fingerprint density at radius 1 is 1.27 bits per heavy atom. The SMILES string of the molecule is Cn1cccc1CN(Cc1cccs1)C(=O)c1ccc([N+](=O)[O-])cc1Cl. The maximum Gasteiger partial charge on any atom is 0.270 e. The van der Waals surface area contributed by atoms with Crippen LogP contribution in [0.4, 0.5) is 5.69 Å². The van der Waals surface area contributed by atoms with Crippen molar-refractivity contribution in [3.63, 3.8) is 0 Å². The average Bonchev–Trinajstić information content (AvgIpc) is 3.26. The number of thiophene rings is 1. The number of aromatic nitrogens is 1. The van der Waals surface area contributed by atoms with Crippen LogP contribution in [0.5, 0.6) is 0 Å². The molecule has 1 amide bonds. The molecule has 0 aliphatic heterocycles. The van der Waals surface area contributed by atoms with Crippen LogP contribution in [0.3, 0.4) is 0 Å². The number of hydrogen-bond acceptors (Lipinski definition) is 4. The van der Waals surface area contributed by atoms with Gasteiger partial charge in [0.1, 0.15) is 0 Å². The Kier molecular flexibility index (Phi) is 5.39. The summed E-state index contributed by atoms with van der Waals surface area (Å²) in [5.41, 5.74) is 1.09. The number of non-ortho nitro benzene ring substituents is 1. The number of amides is 1. The number of carbonyl (C=O) groups is 1. The number of rotatable bonds is 6. The van der Waals surface area contributed by atoms with Gasteiger partial charge in [0.25, 0.3) is 11.6 Å². The summed E-state index contributed by atoms with van der Waals surface area (Å²) in [6.07, 6.45) is 1.92. The molecule has 1 aromatic carbocycles. The molecule has 26 heavy (non-hydrogen) atoms. The predicted molar refractivity (Wildman–Crippen MR) is 101 cm³/mol. The van der Waals surface area contributed by atoms with Crippen molar-refractivity contribution >= 4 is 34.5 Å². The molecule has 3 aromatic rings. The van der Waals surface area contributed by atoms with Crippen LogP contribution in [0.15, 0.2) is 54.0 Å². The number of nitro groups is 1. The normalized spacial score (nSPS) is 10.7. The van der Waals surface area contributed by atoms with Gasteiger partial charge in [0, 0.05) is 35.9 Å². The first-order valence-corrected chi connectivity index (χ1v) is 9.07. The van der Waals surface area contributed by atoms with Crippen LogP contribution in [0.2, 0.25) is 5.02 Å². The molecule has 134 valence electrons. The minimum Gasteiger partial charge on any atom is -0.353 e. The Morgan fingerprint density at radius 3 is 2.65 bits per heavy atom. The molecular formula is C18H16ClN3O3S. The van der Waals surface area contributed by atoms with Gasteiger partial charge in [-0.15, -0.1) is 11.3 Å². The molecule has 0 bridgehead atoms. The van der Waals surface area contributed by atoms with E-state index >= 15 is 0 Å². The van der Waals surface area contributed by atoms with Crippen molar-refractivity contribution in [2.24, 2.45) is 7.05 Å². The van der Waals surface area contributed by atoms with E-state index in [0.29, 0.717) is 13.1 Å². The number of carbonyl (C=O) groups excluding carboxylic acids is 1. The van der Waals surface area contributed by atoms with Crippen molar-refractivity contribution in [3.05, 3.63) is 85.3 Å². The maximum atomic E-state index is 13.1. The highest BCUT2D eigenvalue weighted by Gasteiger charge is 2.22. The van der Waals surface area contributed by atoms with Crippen LogP contribution in [0, 0.1) is 10.1 Å². The van der Waals surface area contributed by atoms with Gasteiger partial charge in [0.2, 0.25) is 0 Å². The summed E-state index contributed by atoms with van der Waals surface area (Å²) in [7, 11) is 1.92. The van der Waals surface area contributed by atoms with Crippen molar-refractivity contribution in [2.75, 3.05) is 0 Å². The molecule has 0 saturated carbocycles. The number of halogens is 1. The first-order valence-electron chi connectivity index (χ1n) is 7.81. The third kappa shape index (κ3) is 3.95. The lowest BCUT2D eigenvalue weighted by Crippen LogP contribution is -2.30.